The molecule has 1 atom stereocenters. The summed E-state index contributed by atoms with van der Waals surface area (Å²) >= 11 is 1.51. The number of fused-ring (bicyclic) bond motifs is 1. The van der Waals surface area contributed by atoms with Crippen LogP contribution < -0.4 is 10.9 Å². The number of amides is 1. The molecule has 0 unspecified atom stereocenters. The lowest BCUT2D eigenvalue weighted by Crippen LogP contribution is -2.32. The highest BCUT2D eigenvalue weighted by Gasteiger charge is 2.21. The SMILES string of the molecule is CCc1cccc(C)c1NC(=O)[C@H](C)n1cnc2sc(C)c(C)c2c1=O. The predicted octanol–water partition coefficient (Wildman–Crippen LogP) is 4.15. The Morgan fingerprint density at radius 3 is 2.73 bits per heavy atom. The summed E-state index contributed by atoms with van der Waals surface area (Å²) in [4.78, 5) is 31.9. The van der Waals surface area contributed by atoms with Gasteiger partial charge in [-0.3, -0.25) is 14.2 Å². The average Bonchev–Trinajstić information content (AvgIpc) is 2.91. The topological polar surface area (TPSA) is 64.0 Å². The maximum Gasteiger partial charge on any atom is 0.263 e. The van der Waals surface area contributed by atoms with Crippen molar-refractivity contribution < 1.29 is 4.79 Å². The van der Waals surface area contributed by atoms with Crippen LogP contribution in [-0.2, 0) is 11.2 Å². The van der Waals surface area contributed by atoms with Crippen LogP contribution in [-0.4, -0.2) is 15.5 Å². The van der Waals surface area contributed by atoms with Gasteiger partial charge in [0.2, 0.25) is 5.91 Å². The highest BCUT2D eigenvalue weighted by molar-refractivity contribution is 7.18. The van der Waals surface area contributed by atoms with Gasteiger partial charge in [-0.1, -0.05) is 25.1 Å². The summed E-state index contributed by atoms with van der Waals surface area (Å²) in [5.74, 6) is -0.221. The molecule has 0 radical (unpaired) electrons. The first kappa shape index (κ1) is 18.3. The van der Waals surface area contributed by atoms with Crippen molar-refractivity contribution in [1.82, 2.24) is 9.55 Å². The van der Waals surface area contributed by atoms with E-state index in [1.165, 1.54) is 22.2 Å². The van der Waals surface area contributed by atoms with Gasteiger partial charge in [-0.05, 0) is 50.8 Å². The molecule has 2 heterocycles. The molecule has 0 saturated heterocycles. The summed E-state index contributed by atoms with van der Waals surface area (Å²) in [6.45, 7) is 9.65. The van der Waals surface area contributed by atoms with Crippen LogP contribution in [0.5, 0.6) is 0 Å². The Hall–Kier alpha value is -2.47. The summed E-state index contributed by atoms with van der Waals surface area (Å²) in [5, 5.41) is 3.61. The molecule has 0 bridgehead atoms. The van der Waals surface area contributed by atoms with E-state index >= 15 is 0 Å². The number of thiophene rings is 1. The molecule has 0 aliphatic heterocycles. The van der Waals surface area contributed by atoms with Gasteiger partial charge in [-0.25, -0.2) is 4.98 Å². The Bertz CT molecular complexity index is 1050. The van der Waals surface area contributed by atoms with E-state index in [0.29, 0.717) is 5.39 Å². The van der Waals surface area contributed by atoms with E-state index in [0.717, 1.165) is 38.5 Å². The third kappa shape index (κ3) is 3.05. The van der Waals surface area contributed by atoms with Gasteiger partial charge in [0.15, 0.2) is 0 Å². The molecule has 0 spiro atoms. The van der Waals surface area contributed by atoms with Gasteiger partial charge in [0.05, 0.1) is 11.7 Å². The molecule has 2 aromatic heterocycles. The zero-order chi connectivity index (χ0) is 19.0. The molecule has 0 aliphatic rings. The fourth-order valence-electron chi connectivity index (χ4n) is 3.08. The summed E-state index contributed by atoms with van der Waals surface area (Å²) in [7, 11) is 0. The average molecular weight is 369 g/mol. The van der Waals surface area contributed by atoms with Crippen LogP contribution in [0.4, 0.5) is 5.69 Å². The van der Waals surface area contributed by atoms with Crippen molar-refractivity contribution in [3.8, 4) is 0 Å². The second-order valence-corrected chi connectivity index (χ2v) is 7.75. The highest BCUT2D eigenvalue weighted by Crippen LogP contribution is 2.26. The lowest BCUT2D eigenvalue weighted by Gasteiger charge is -2.18. The first-order chi connectivity index (χ1) is 12.3. The highest BCUT2D eigenvalue weighted by atomic mass is 32.1. The molecular weight excluding hydrogens is 346 g/mol. The number of nitrogens with one attached hydrogen (secondary N) is 1. The van der Waals surface area contributed by atoms with E-state index in [4.69, 9.17) is 0 Å². The predicted molar refractivity (Wildman–Crippen MR) is 107 cm³/mol. The van der Waals surface area contributed by atoms with Gasteiger partial charge < -0.3 is 5.32 Å². The van der Waals surface area contributed by atoms with E-state index in [1.807, 2.05) is 39.0 Å². The number of carbonyl (C=O) groups excluding carboxylic acids is 1. The molecule has 26 heavy (non-hydrogen) atoms. The quantitative estimate of drug-likeness (QED) is 0.751. The van der Waals surface area contributed by atoms with Crippen molar-refractivity contribution in [2.24, 2.45) is 0 Å². The molecule has 6 heteroatoms. The Morgan fingerprint density at radius 1 is 1.31 bits per heavy atom. The van der Waals surface area contributed by atoms with Crippen molar-refractivity contribution in [2.75, 3.05) is 5.32 Å². The maximum atomic E-state index is 12.9. The molecule has 3 rings (SSSR count). The number of benzene rings is 1. The van der Waals surface area contributed by atoms with Gasteiger partial charge in [-0.2, -0.15) is 0 Å². The lowest BCUT2D eigenvalue weighted by atomic mass is 10.1. The first-order valence-electron chi connectivity index (χ1n) is 8.71. The molecule has 1 amide bonds. The van der Waals surface area contributed by atoms with E-state index in [9.17, 15) is 9.59 Å². The largest absolute Gasteiger partial charge is 0.324 e. The molecule has 0 fully saturated rings. The van der Waals surface area contributed by atoms with Crippen molar-refractivity contribution in [1.29, 1.82) is 0 Å². The normalized spacial score (nSPS) is 12.3. The second-order valence-electron chi connectivity index (χ2n) is 6.55. The van der Waals surface area contributed by atoms with E-state index < -0.39 is 6.04 Å². The summed E-state index contributed by atoms with van der Waals surface area (Å²) in [6.07, 6.45) is 2.30. The maximum absolute atomic E-state index is 12.9. The summed E-state index contributed by atoms with van der Waals surface area (Å²) < 4.78 is 1.42. The smallest absolute Gasteiger partial charge is 0.263 e. The Balaban J connectivity index is 1.97. The minimum absolute atomic E-state index is 0.167. The van der Waals surface area contributed by atoms with Crippen LogP contribution in [0, 0.1) is 20.8 Å². The number of aromatic nitrogens is 2. The number of para-hydroxylation sites is 1. The summed E-state index contributed by atoms with van der Waals surface area (Å²) in [5.41, 5.74) is 3.69. The fraction of sp³-hybridized carbons (Fsp3) is 0.350. The number of anilines is 1. The fourth-order valence-corrected chi connectivity index (χ4v) is 4.07. The lowest BCUT2D eigenvalue weighted by molar-refractivity contribution is -0.118. The van der Waals surface area contributed by atoms with E-state index in [2.05, 4.69) is 17.2 Å². The van der Waals surface area contributed by atoms with Gasteiger partial charge >= 0.3 is 0 Å². The number of carbonyl (C=O) groups is 1. The van der Waals surface area contributed by atoms with Gasteiger partial charge in [0.25, 0.3) is 5.56 Å². The van der Waals surface area contributed by atoms with Crippen molar-refractivity contribution in [3.63, 3.8) is 0 Å². The van der Waals surface area contributed by atoms with Crippen LogP contribution in [0.1, 0.15) is 41.5 Å². The molecular formula is C20H23N3O2S. The van der Waals surface area contributed by atoms with Gasteiger partial charge in [-0.15, -0.1) is 11.3 Å². The Kier molecular flexibility index (Phi) is 4.96. The molecule has 1 aromatic carbocycles. The number of hydrogen-bond donors (Lipinski definition) is 1. The minimum atomic E-state index is -0.650. The Morgan fingerprint density at radius 2 is 2.04 bits per heavy atom. The van der Waals surface area contributed by atoms with Crippen molar-refractivity contribution in [3.05, 3.63) is 56.4 Å². The second kappa shape index (κ2) is 7.03. The zero-order valence-corrected chi connectivity index (χ0v) is 16.5. The molecule has 136 valence electrons. The van der Waals surface area contributed by atoms with Gasteiger partial charge in [0.1, 0.15) is 10.9 Å². The van der Waals surface area contributed by atoms with E-state index in [1.54, 1.807) is 6.92 Å². The third-order valence-corrected chi connectivity index (χ3v) is 6.01. The van der Waals surface area contributed by atoms with Crippen LogP contribution >= 0.6 is 11.3 Å². The Labute approximate surface area is 156 Å². The molecule has 0 aliphatic carbocycles. The zero-order valence-electron chi connectivity index (χ0n) is 15.7. The van der Waals surface area contributed by atoms with Crippen LogP contribution in [0.3, 0.4) is 0 Å². The molecule has 1 N–H and O–H groups in total. The monoisotopic (exact) mass is 369 g/mol. The van der Waals surface area contributed by atoms with Crippen LogP contribution in [0.2, 0.25) is 0 Å². The number of hydrogen-bond acceptors (Lipinski definition) is 4. The summed E-state index contributed by atoms with van der Waals surface area (Å²) in [6, 6.07) is 5.31. The minimum Gasteiger partial charge on any atom is -0.324 e. The first-order valence-corrected chi connectivity index (χ1v) is 9.53. The van der Waals surface area contributed by atoms with Crippen molar-refractivity contribution >= 4 is 33.1 Å². The number of nitrogens with zero attached hydrogens (tertiary/aromatic N) is 2. The number of aryl methyl sites for hydroxylation is 4. The van der Waals surface area contributed by atoms with Gasteiger partial charge in [0, 0.05) is 10.6 Å². The number of rotatable bonds is 4. The molecule has 3 aromatic rings. The van der Waals surface area contributed by atoms with E-state index in [-0.39, 0.29) is 11.5 Å². The third-order valence-electron chi connectivity index (χ3n) is 4.90. The standard InChI is InChI=1S/C20H23N3O2S/c1-6-15-9-7-8-11(2)17(15)22-18(24)13(4)23-10-21-19-16(20(23)25)12(3)14(5)26-19/h7-10,13H,6H2,1-5H3,(H,22,24)/t13-/m0/s1. The van der Waals surface area contributed by atoms with Crippen LogP contribution in [0.15, 0.2) is 29.3 Å². The molecule has 5 nitrogen and oxygen atoms in total. The molecule has 0 saturated carbocycles. The van der Waals surface area contributed by atoms with Crippen LogP contribution in [0.25, 0.3) is 10.2 Å². The van der Waals surface area contributed by atoms with Crippen molar-refractivity contribution in [2.45, 2.75) is 47.1 Å².